The summed E-state index contributed by atoms with van der Waals surface area (Å²) >= 11 is 0. The van der Waals surface area contributed by atoms with Gasteiger partial charge in [0, 0.05) is 6.04 Å². The number of nitrogens with one attached hydrogen (secondary N) is 2. The Morgan fingerprint density at radius 2 is 2.00 bits per heavy atom. The summed E-state index contributed by atoms with van der Waals surface area (Å²) in [6.45, 7) is 2.11. The van der Waals surface area contributed by atoms with Crippen LogP contribution in [0.15, 0.2) is 30.6 Å². The van der Waals surface area contributed by atoms with E-state index in [2.05, 4.69) is 51.7 Å². The van der Waals surface area contributed by atoms with Gasteiger partial charge in [-0.1, -0.05) is 24.3 Å². The predicted octanol–water partition coefficient (Wildman–Crippen LogP) is 1.62. The van der Waals surface area contributed by atoms with Gasteiger partial charge in [0.15, 0.2) is 0 Å². The standard InChI is InChI=1S/C13H16N4/c1-9(13-14-8-15-17-13)16-12-6-10-4-2-3-5-11(10)7-12/h2-5,8-9,12,16H,6-7H2,1H3,(H,14,15,17). The molecule has 4 nitrogen and oxygen atoms in total. The molecule has 17 heavy (non-hydrogen) atoms. The molecule has 1 aromatic carbocycles. The van der Waals surface area contributed by atoms with Gasteiger partial charge in [0.05, 0.1) is 6.04 Å². The van der Waals surface area contributed by atoms with Gasteiger partial charge >= 0.3 is 0 Å². The van der Waals surface area contributed by atoms with E-state index in [-0.39, 0.29) is 6.04 Å². The Hall–Kier alpha value is -1.68. The van der Waals surface area contributed by atoms with Crippen LogP contribution in [0.2, 0.25) is 0 Å². The minimum Gasteiger partial charge on any atom is -0.304 e. The summed E-state index contributed by atoms with van der Waals surface area (Å²) in [5.41, 5.74) is 2.93. The summed E-state index contributed by atoms with van der Waals surface area (Å²) in [4.78, 5) is 4.18. The van der Waals surface area contributed by atoms with E-state index < -0.39 is 0 Å². The molecule has 0 saturated carbocycles. The molecule has 0 bridgehead atoms. The lowest BCUT2D eigenvalue weighted by Gasteiger charge is -2.16. The Balaban J connectivity index is 1.66. The maximum atomic E-state index is 4.18. The Morgan fingerprint density at radius 1 is 1.29 bits per heavy atom. The molecule has 1 aliphatic carbocycles. The zero-order chi connectivity index (χ0) is 11.7. The molecule has 3 rings (SSSR count). The van der Waals surface area contributed by atoms with Crippen molar-refractivity contribution in [1.82, 2.24) is 20.5 Å². The number of rotatable bonds is 3. The molecule has 1 atom stereocenters. The molecule has 1 aliphatic rings. The molecular weight excluding hydrogens is 212 g/mol. The van der Waals surface area contributed by atoms with Crippen LogP contribution in [0.3, 0.4) is 0 Å². The quantitative estimate of drug-likeness (QED) is 0.839. The summed E-state index contributed by atoms with van der Waals surface area (Å²) in [7, 11) is 0. The number of hydrogen-bond donors (Lipinski definition) is 2. The maximum Gasteiger partial charge on any atom is 0.141 e. The minimum atomic E-state index is 0.219. The highest BCUT2D eigenvalue weighted by Crippen LogP contribution is 2.23. The van der Waals surface area contributed by atoms with Crippen molar-refractivity contribution < 1.29 is 0 Å². The summed E-state index contributed by atoms with van der Waals surface area (Å²) in [6, 6.07) is 9.39. The average molecular weight is 228 g/mol. The second-order valence-corrected chi connectivity index (χ2v) is 4.63. The third kappa shape index (κ3) is 2.08. The van der Waals surface area contributed by atoms with Crippen molar-refractivity contribution in [2.45, 2.75) is 31.8 Å². The van der Waals surface area contributed by atoms with Gasteiger partial charge in [-0.05, 0) is 30.9 Å². The van der Waals surface area contributed by atoms with Gasteiger partial charge in [-0.25, -0.2) is 4.98 Å². The van der Waals surface area contributed by atoms with E-state index in [1.165, 1.54) is 11.1 Å². The molecule has 1 heterocycles. The number of H-pyrrole nitrogens is 1. The normalized spacial score (nSPS) is 17.0. The Morgan fingerprint density at radius 3 is 2.59 bits per heavy atom. The first-order chi connectivity index (χ1) is 8.33. The zero-order valence-electron chi connectivity index (χ0n) is 9.85. The molecule has 0 radical (unpaired) electrons. The fourth-order valence-electron chi connectivity index (χ4n) is 2.53. The minimum absolute atomic E-state index is 0.219. The van der Waals surface area contributed by atoms with Crippen LogP contribution in [-0.2, 0) is 12.8 Å². The molecule has 4 heteroatoms. The Labute approximate surface area is 100 Å². The Bertz CT molecular complexity index is 467. The van der Waals surface area contributed by atoms with Crippen LogP contribution >= 0.6 is 0 Å². The number of aromatic nitrogens is 3. The molecule has 2 N–H and O–H groups in total. The van der Waals surface area contributed by atoms with Gasteiger partial charge < -0.3 is 5.32 Å². The molecule has 0 aliphatic heterocycles. The van der Waals surface area contributed by atoms with Gasteiger partial charge in [0.1, 0.15) is 12.2 Å². The number of nitrogens with zero attached hydrogens (tertiary/aromatic N) is 2. The van der Waals surface area contributed by atoms with Gasteiger partial charge in [0.25, 0.3) is 0 Å². The van der Waals surface area contributed by atoms with E-state index >= 15 is 0 Å². The van der Waals surface area contributed by atoms with E-state index in [1.807, 2.05) is 0 Å². The van der Waals surface area contributed by atoms with Gasteiger partial charge in [0.2, 0.25) is 0 Å². The van der Waals surface area contributed by atoms with Crippen LogP contribution < -0.4 is 5.32 Å². The highest BCUT2D eigenvalue weighted by atomic mass is 15.2. The summed E-state index contributed by atoms with van der Waals surface area (Å²) in [5, 5.41) is 10.4. The molecular formula is C13H16N4. The smallest absolute Gasteiger partial charge is 0.141 e. The topological polar surface area (TPSA) is 53.6 Å². The first kappa shape index (κ1) is 10.5. The van der Waals surface area contributed by atoms with Crippen LogP contribution in [0.5, 0.6) is 0 Å². The number of benzene rings is 1. The van der Waals surface area contributed by atoms with Crippen LogP contribution in [0, 0.1) is 0 Å². The second kappa shape index (κ2) is 4.30. The van der Waals surface area contributed by atoms with Gasteiger partial charge in [-0.2, -0.15) is 5.10 Å². The molecule has 0 amide bonds. The first-order valence-electron chi connectivity index (χ1n) is 6.01. The van der Waals surface area contributed by atoms with Crippen LogP contribution in [0.1, 0.15) is 29.9 Å². The largest absolute Gasteiger partial charge is 0.304 e. The lowest BCUT2D eigenvalue weighted by Crippen LogP contribution is -2.32. The van der Waals surface area contributed by atoms with Crippen molar-refractivity contribution in [2.24, 2.45) is 0 Å². The summed E-state index contributed by atoms with van der Waals surface area (Å²) < 4.78 is 0. The van der Waals surface area contributed by atoms with Crippen molar-refractivity contribution in [3.63, 3.8) is 0 Å². The van der Waals surface area contributed by atoms with Crippen molar-refractivity contribution >= 4 is 0 Å². The fraction of sp³-hybridized carbons (Fsp3) is 0.385. The van der Waals surface area contributed by atoms with Gasteiger partial charge in [-0.3, -0.25) is 5.10 Å². The van der Waals surface area contributed by atoms with Crippen LogP contribution in [0.4, 0.5) is 0 Å². The van der Waals surface area contributed by atoms with E-state index in [0.717, 1.165) is 18.7 Å². The Kier molecular flexibility index (Phi) is 2.65. The fourth-order valence-corrected chi connectivity index (χ4v) is 2.53. The summed E-state index contributed by atoms with van der Waals surface area (Å²) in [5.74, 6) is 0.904. The first-order valence-corrected chi connectivity index (χ1v) is 6.01. The third-order valence-corrected chi connectivity index (χ3v) is 3.38. The average Bonchev–Trinajstić information content (AvgIpc) is 2.97. The molecule has 1 aromatic heterocycles. The zero-order valence-corrected chi connectivity index (χ0v) is 9.85. The van der Waals surface area contributed by atoms with E-state index in [1.54, 1.807) is 6.33 Å². The number of aromatic amines is 1. The maximum absolute atomic E-state index is 4.18. The number of fused-ring (bicyclic) bond motifs is 1. The number of hydrogen-bond acceptors (Lipinski definition) is 3. The van der Waals surface area contributed by atoms with Crippen LogP contribution in [-0.4, -0.2) is 21.2 Å². The highest BCUT2D eigenvalue weighted by Gasteiger charge is 2.22. The summed E-state index contributed by atoms with van der Waals surface area (Å²) in [6.07, 6.45) is 3.76. The van der Waals surface area contributed by atoms with E-state index in [4.69, 9.17) is 0 Å². The molecule has 1 unspecified atom stereocenters. The lowest BCUT2D eigenvalue weighted by atomic mass is 10.1. The molecule has 0 spiro atoms. The SMILES string of the molecule is CC(NC1Cc2ccccc2C1)c1ncn[nH]1. The van der Waals surface area contributed by atoms with Gasteiger partial charge in [-0.15, -0.1) is 0 Å². The predicted molar refractivity (Wildman–Crippen MR) is 65.6 cm³/mol. The van der Waals surface area contributed by atoms with Crippen molar-refractivity contribution in [3.05, 3.63) is 47.5 Å². The van der Waals surface area contributed by atoms with Crippen LogP contribution in [0.25, 0.3) is 0 Å². The van der Waals surface area contributed by atoms with Crippen molar-refractivity contribution in [1.29, 1.82) is 0 Å². The molecule has 88 valence electrons. The van der Waals surface area contributed by atoms with E-state index in [9.17, 15) is 0 Å². The monoisotopic (exact) mass is 228 g/mol. The molecule has 0 fully saturated rings. The third-order valence-electron chi connectivity index (χ3n) is 3.38. The molecule has 2 aromatic rings. The molecule has 0 saturated heterocycles. The van der Waals surface area contributed by atoms with Crippen molar-refractivity contribution in [3.8, 4) is 0 Å². The lowest BCUT2D eigenvalue weighted by molar-refractivity contribution is 0.453. The van der Waals surface area contributed by atoms with E-state index in [0.29, 0.717) is 6.04 Å². The van der Waals surface area contributed by atoms with Crippen molar-refractivity contribution in [2.75, 3.05) is 0 Å². The second-order valence-electron chi connectivity index (χ2n) is 4.63. The highest BCUT2D eigenvalue weighted by molar-refractivity contribution is 5.33.